The Balaban J connectivity index is 2.42. The molecule has 0 aliphatic rings. The van der Waals surface area contributed by atoms with Gasteiger partial charge in [0, 0.05) is 30.7 Å². The number of unbranched alkanes of at least 4 members (excludes halogenated alkanes) is 1. The monoisotopic (exact) mass is 448 g/mol. The molecule has 0 atom stereocenters. The molecule has 0 fully saturated rings. The van der Waals surface area contributed by atoms with Crippen LogP contribution in [0.3, 0.4) is 0 Å². The van der Waals surface area contributed by atoms with E-state index >= 15 is 0 Å². The number of rotatable bonds is 12. The number of aromatic nitrogens is 2. The molecule has 2 aromatic rings. The predicted molar refractivity (Wildman–Crippen MR) is 134 cm³/mol. The first-order chi connectivity index (χ1) is 15.4. The number of ketones is 1. The fourth-order valence-electron chi connectivity index (χ4n) is 3.38. The Morgan fingerprint density at radius 1 is 1.28 bits per heavy atom. The van der Waals surface area contributed by atoms with E-state index in [9.17, 15) is 4.79 Å². The zero-order chi connectivity index (χ0) is 23.5. The molecule has 5 nitrogen and oxygen atoms in total. The lowest BCUT2D eigenvalue weighted by atomic mass is 10.1. The van der Waals surface area contributed by atoms with Gasteiger partial charge in [0.1, 0.15) is 11.9 Å². The van der Waals surface area contributed by atoms with Gasteiger partial charge in [-0.05, 0) is 60.3 Å². The molecule has 168 valence electrons. The van der Waals surface area contributed by atoms with Crippen molar-refractivity contribution in [3.63, 3.8) is 0 Å². The van der Waals surface area contributed by atoms with E-state index in [0.29, 0.717) is 17.8 Å². The summed E-state index contributed by atoms with van der Waals surface area (Å²) in [6.07, 6.45) is 13.0. The molecule has 1 heterocycles. The number of nitrogens with one attached hydrogen (secondary N) is 1. The molecule has 1 N–H and O–H groups in total. The van der Waals surface area contributed by atoms with Crippen LogP contribution in [0.15, 0.2) is 47.0 Å². The number of Topliss-reactive ketones (excluding diaryl/α,β-unsaturated/α-hetero) is 1. The van der Waals surface area contributed by atoms with Crippen LogP contribution in [-0.4, -0.2) is 27.3 Å². The first-order valence-corrected chi connectivity index (χ1v) is 12.2. The third-order valence-electron chi connectivity index (χ3n) is 5.24. The zero-order valence-corrected chi connectivity index (χ0v) is 20.3. The van der Waals surface area contributed by atoms with Crippen LogP contribution in [-0.2, 0) is 13.0 Å². The average Bonchev–Trinajstić information content (AvgIpc) is 3.17. The molecule has 0 amide bonds. The normalized spacial score (nSPS) is 12.0. The van der Waals surface area contributed by atoms with Gasteiger partial charge in [-0.15, -0.1) is 11.8 Å². The van der Waals surface area contributed by atoms with Crippen LogP contribution in [0.4, 0.5) is 0 Å². The number of carbonyl (C=O) groups is 1. The zero-order valence-electron chi connectivity index (χ0n) is 19.4. The summed E-state index contributed by atoms with van der Waals surface area (Å²) in [4.78, 5) is 17.6. The number of nitrogens with zero attached hydrogens (tertiary/aromatic N) is 3. The maximum absolute atomic E-state index is 11.6. The van der Waals surface area contributed by atoms with Gasteiger partial charge in [-0.25, -0.2) is 4.98 Å². The number of nitriles is 1. The van der Waals surface area contributed by atoms with Crippen molar-refractivity contribution in [2.24, 2.45) is 0 Å². The minimum absolute atomic E-state index is 0.405. The first-order valence-electron chi connectivity index (χ1n) is 11.0. The first kappa shape index (κ1) is 25.4. The summed E-state index contributed by atoms with van der Waals surface area (Å²) in [5.41, 5.74) is 3.96. The summed E-state index contributed by atoms with van der Waals surface area (Å²) < 4.78 is 2.20. The van der Waals surface area contributed by atoms with Gasteiger partial charge in [0.15, 0.2) is 0 Å². The molecular formula is C26H32N4OS. The number of hydrogen-bond acceptors (Lipinski definition) is 5. The smallest absolute Gasteiger partial charge is 0.262 e. The second-order valence-corrected chi connectivity index (χ2v) is 8.61. The molecule has 0 unspecified atom stereocenters. The number of aryl methyl sites for hydroxylation is 1. The topological polar surface area (TPSA) is 82.5 Å². The highest BCUT2D eigenvalue weighted by molar-refractivity contribution is 8.02. The second kappa shape index (κ2) is 12.8. The van der Waals surface area contributed by atoms with E-state index in [1.807, 2.05) is 25.3 Å². The molecule has 6 heteroatoms. The van der Waals surface area contributed by atoms with Gasteiger partial charge in [0.2, 0.25) is 0 Å². The third kappa shape index (κ3) is 7.06. The van der Waals surface area contributed by atoms with Gasteiger partial charge in [-0.2, -0.15) is 5.26 Å². The van der Waals surface area contributed by atoms with Crippen LogP contribution in [0.1, 0.15) is 73.9 Å². The molecule has 0 aliphatic heterocycles. The van der Waals surface area contributed by atoms with E-state index in [1.165, 1.54) is 4.91 Å². The van der Waals surface area contributed by atoms with Gasteiger partial charge >= 0.3 is 0 Å². The van der Waals surface area contributed by atoms with Crippen molar-refractivity contribution in [1.82, 2.24) is 9.55 Å². The maximum atomic E-state index is 11.6. The lowest BCUT2D eigenvalue weighted by molar-refractivity contribution is 0.105. The molecule has 0 bridgehead atoms. The quantitative estimate of drug-likeness (QED) is 0.230. The van der Waals surface area contributed by atoms with Crippen molar-refractivity contribution in [2.75, 3.05) is 6.26 Å². The van der Waals surface area contributed by atoms with E-state index in [0.717, 1.165) is 54.8 Å². The molecule has 0 saturated heterocycles. The van der Waals surface area contributed by atoms with Crippen LogP contribution in [0, 0.1) is 16.7 Å². The average molecular weight is 449 g/mol. The van der Waals surface area contributed by atoms with Crippen molar-refractivity contribution < 1.29 is 4.79 Å². The highest BCUT2D eigenvalue weighted by Crippen LogP contribution is 2.25. The lowest BCUT2D eigenvalue weighted by Gasteiger charge is -2.13. The summed E-state index contributed by atoms with van der Waals surface area (Å²) in [6.45, 7) is 6.75. The summed E-state index contributed by atoms with van der Waals surface area (Å²) in [5, 5.41) is 17.1. The molecule has 32 heavy (non-hydrogen) atoms. The van der Waals surface area contributed by atoms with Gasteiger partial charge < -0.3 is 9.98 Å². The van der Waals surface area contributed by atoms with Crippen molar-refractivity contribution in [1.29, 1.82) is 10.7 Å². The Morgan fingerprint density at radius 3 is 2.56 bits per heavy atom. The molecule has 0 radical (unpaired) electrons. The molecule has 2 rings (SSSR count). The Kier molecular flexibility index (Phi) is 10.2. The highest BCUT2D eigenvalue weighted by atomic mass is 32.2. The lowest BCUT2D eigenvalue weighted by Crippen LogP contribution is -2.08. The molecule has 0 saturated carbocycles. The second-order valence-electron chi connectivity index (χ2n) is 7.68. The van der Waals surface area contributed by atoms with Crippen molar-refractivity contribution in [2.45, 2.75) is 59.4 Å². The molecule has 0 aliphatic carbocycles. The summed E-state index contributed by atoms with van der Waals surface area (Å²) in [7, 11) is 0. The van der Waals surface area contributed by atoms with E-state index < -0.39 is 5.78 Å². The number of benzene rings is 1. The number of allylic oxidation sites excluding steroid dienone is 3. The molecule has 0 spiro atoms. The number of hydrogen-bond donors (Lipinski definition) is 1. The van der Waals surface area contributed by atoms with Crippen molar-refractivity contribution in [3.8, 4) is 6.07 Å². The van der Waals surface area contributed by atoms with E-state index in [2.05, 4.69) is 41.8 Å². The largest absolute Gasteiger partial charge is 0.324 e. The van der Waals surface area contributed by atoms with Gasteiger partial charge in [0.05, 0.1) is 11.9 Å². The predicted octanol–water partition coefficient (Wildman–Crippen LogP) is 6.45. The molecule has 1 aromatic carbocycles. The number of thioether (sulfide) groups is 1. The fourth-order valence-corrected chi connectivity index (χ4v) is 4.02. The Morgan fingerprint density at radius 2 is 2.00 bits per heavy atom. The van der Waals surface area contributed by atoms with Crippen LogP contribution in [0.5, 0.6) is 0 Å². The van der Waals surface area contributed by atoms with E-state index in [1.54, 1.807) is 30.0 Å². The minimum atomic E-state index is -0.526. The minimum Gasteiger partial charge on any atom is -0.324 e. The van der Waals surface area contributed by atoms with Crippen LogP contribution in [0.25, 0.3) is 6.08 Å². The van der Waals surface area contributed by atoms with Crippen LogP contribution >= 0.6 is 11.8 Å². The third-order valence-corrected chi connectivity index (χ3v) is 6.08. The summed E-state index contributed by atoms with van der Waals surface area (Å²) in [5.74, 6) is 0.494. The Hall–Kier alpha value is -2.91. The fraction of sp³-hybridized carbons (Fsp3) is 0.385. The number of imidazole rings is 1. The van der Waals surface area contributed by atoms with Crippen LogP contribution < -0.4 is 0 Å². The van der Waals surface area contributed by atoms with Gasteiger partial charge in [-0.3, -0.25) is 4.79 Å². The standard InChI is InChI=1S/C26H32N4OS/c1-5-7-9-26-29-17-23(14-22(19(3)28)15-24(32-4)8-6-2)30(26)18-20-10-12-21(13-11-20)25(31)16-27/h8,10-14,17,28H,5-7,9,15,18H2,1-4H3/b22-14+,24-8-,28-19?. The Bertz CT molecular complexity index is 1040. The Labute approximate surface area is 195 Å². The molecular weight excluding hydrogens is 416 g/mol. The van der Waals surface area contributed by atoms with E-state index in [4.69, 9.17) is 10.7 Å². The maximum Gasteiger partial charge on any atom is 0.262 e. The summed E-state index contributed by atoms with van der Waals surface area (Å²) >= 11 is 1.73. The highest BCUT2D eigenvalue weighted by Gasteiger charge is 2.12. The van der Waals surface area contributed by atoms with Gasteiger partial charge in [-0.1, -0.05) is 38.5 Å². The number of carbonyl (C=O) groups excluding carboxylic acids is 1. The van der Waals surface area contributed by atoms with E-state index in [-0.39, 0.29) is 0 Å². The SMILES string of the molecule is CC/C=C(/C/C(=C\c1cnc(CCCC)n1Cc1ccc(C(=O)C#N)cc1)C(C)=N)SC. The van der Waals surface area contributed by atoms with Gasteiger partial charge in [0.25, 0.3) is 5.78 Å². The van der Waals surface area contributed by atoms with Crippen LogP contribution in [0.2, 0.25) is 0 Å². The van der Waals surface area contributed by atoms with Crippen molar-refractivity contribution in [3.05, 3.63) is 69.7 Å². The van der Waals surface area contributed by atoms with Crippen molar-refractivity contribution >= 4 is 29.3 Å². The summed E-state index contributed by atoms with van der Waals surface area (Å²) in [6, 6.07) is 8.84. The molecule has 1 aromatic heterocycles.